The second-order valence-electron chi connectivity index (χ2n) is 6.37. The molecule has 0 fully saturated rings. The van der Waals surface area contributed by atoms with Crippen LogP contribution in [-0.4, -0.2) is 36.1 Å². The van der Waals surface area contributed by atoms with Crippen LogP contribution in [0.4, 0.5) is 0 Å². The van der Waals surface area contributed by atoms with E-state index in [2.05, 4.69) is 20.1 Å². The largest absolute Gasteiger partial charge is 0.347 e. The minimum atomic E-state index is -3.50. The fraction of sp³-hybridized carbons (Fsp3) is 0.211. The van der Waals surface area contributed by atoms with Crippen molar-refractivity contribution in [3.63, 3.8) is 0 Å². The van der Waals surface area contributed by atoms with E-state index in [1.165, 1.54) is 19.2 Å². The Morgan fingerprint density at radius 1 is 1.14 bits per heavy atom. The van der Waals surface area contributed by atoms with Crippen molar-refractivity contribution in [1.29, 1.82) is 0 Å². The maximum atomic E-state index is 12.6. The molecule has 0 saturated carbocycles. The molecule has 2 aromatic heterocycles. The van der Waals surface area contributed by atoms with Crippen LogP contribution >= 0.6 is 11.6 Å². The van der Waals surface area contributed by atoms with Crippen LogP contribution in [0.5, 0.6) is 0 Å². The van der Waals surface area contributed by atoms with E-state index in [1.54, 1.807) is 28.9 Å². The van der Waals surface area contributed by atoms with Gasteiger partial charge in [-0.15, -0.1) is 0 Å². The zero-order valence-electron chi connectivity index (χ0n) is 16.1. The lowest BCUT2D eigenvalue weighted by Crippen LogP contribution is -2.25. The third-order valence-corrected chi connectivity index (χ3v) is 5.96. The molecule has 29 heavy (non-hydrogen) atoms. The lowest BCUT2D eigenvalue weighted by atomic mass is 10.2. The molecule has 2 N–H and O–H groups in total. The molecule has 1 amide bonds. The molecule has 0 aliphatic heterocycles. The number of carbonyl (C=O) groups excluding carboxylic acids is 1. The van der Waals surface area contributed by atoms with Crippen molar-refractivity contribution < 1.29 is 13.2 Å². The molecular weight excluding hydrogens is 414 g/mol. The summed E-state index contributed by atoms with van der Waals surface area (Å²) in [4.78, 5) is 17.1. The molecule has 0 radical (unpaired) electrons. The Balaban J connectivity index is 1.76. The highest BCUT2D eigenvalue weighted by molar-refractivity contribution is 7.89. The van der Waals surface area contributed by atoms with Gasteiger partial charge in [-0.25, -0.2) is 22.8 Å². The van der Waals surface area contributed by atoms with Gasteiger partial charge in [-0.2, -0.15) is 5.10 Å². The molecule has 0 bridgehead atoms. The van der Waals surface area contributed by atoms with Crippen molar-refractivity contribution in [2.75, 3.05) is 7.05 Å². The molecule has 3 rings (SSSR count). The maximum absolute atomic E-state index is 12.6. The van der Waals surface area contributed by atoms with E-state index in [4.69, 9.17) is 11.6 Å². The predicted octanol–water partition coefficient (Wildman–Crippen LogP) is 2.38. The number of nitrogens with one attached hydrogen (secondary N) is 2. The van der Waals surface area contributed by atoms with E-state index in [0.717, 1.165) is 17.0 Å². The number of aromatic nitrogens is 3. The summed E-state index contributed by atoms with van der Waals surface area (Å²) in [6, 6.07) is 11.4. The van der Waals surface area contributed by atoms with Gasteiger partial charge in [0.05, 0.1) is 15.6 Å². The lowest BCUT2D eigenvalue weighted by Gasteiger charge is -2.10. The van der Waals surface area contributed by atoms with Crippen LogP contribution in [0, 0.1) is 13.8 Å². The van der Waals surface area contributed by atoms with Crippen LogP contribution < -0.4 is 10.0 Å². The first kappa shape index (κ1) is 21.0. The zero-order chi connectivity index (χ0) is 21.2. The number of nitrogens with zero attached hydrogens (tertiary/aromatic N) is 3. The number of rotatable bonds is 6. The van der Waals surface area contributed by atoms with Gasteiger partial charge in [-0.1, -0.05) is 23.7 Å². The standard InChI is InChI=1S/C19H20ClN5O3S/c1-12-10-13(2)25(24-12)17-9-8-16(20)18(23-17)19(26)22-11-14-4-6-15(7-5-14)29(27,28)21-3/h4-10,21H,11H2,1-3H3,(H,22,26). The molecule has 152 valence electrons. The van der Waals surface area contributed by atoms with Crippen molar-refractivity contribution in [3.05, 3.63) is 70.1 Å². The molecule has 0 aliphatic rings. The molecule has 0 aliphatic carbocycles. The SMILES string of the molecule is CNS(=O)(=O)c1ccc(CNC(=O)c2nc(-n3nc(C)cc3C)ccc2Cl)cc1. The van der Waals surface area contributed by atoms with Crippen molar-refractivity contribution in [1.82, 2.24) is 24.8 Å². The maximum Gasteiger partial charge on any atom is 0.271 e. The second kappa shape index (κ2) is 8.32. The molecule has 3 aromatic rings. The summed E-state index contributed by atoms with van der Waals surface area (Å²) < 4.78 is 27.4. The van der Waals surface area contributed by atoms with Gasteiger partial charge in [0, 0.05) is 12.2 Å². The smallest absolute Gasteiger partial charge is 0.271 e. The topological polar surface area (TPSA) is 106 Å². The average Bonchev–Trinajstić information content (AvgIpc) is 3.05. The van der Waals surface area contributed by atoms with Gasteiger partial charge >= 0.3 is 0 Å². The molecular formula is C19H20ClN5O3S. The molecule has 2 heterocycles. The van der Waals surface area contributed by atoms with E-state index in [-0.39, 0.29) is 22.2 Å². The van der Waals surface area contributed by atoms with Crippen LogP contribution in [-0.2, 0) is 16.6 Å². The number of halogens is 1. The highest BCUT2D eigenvalue weighted by atomic mass is 35.5. The van der Waals surface area contributed by atoms with E-state index in [0.29, 0.717) is 5.82 Å². The molecule has 10 heteroatoms. The van der Waals surface area contributed by atoms with Crippen molar-refractivity contribution >= 4 is 27.5 Å². The van der Waals surface area contributed by atoms with Gasteiger partial charge in [0.2, 0.25) is 10.0 Å². The van der Waals surface area contributed by atoms with Crippen LogP contribution in [0.1, 0.15) is 27.4 Å². The number of benzene rings is 1. The van der Waals surface area contributed by atoms with Gasteiger partial charge in [0.25, 0.3) is 5.91 Å². The summed E-state index contributed by atoms with van der Waals surface area (Å²) in [5.74, 6) is 0.0529. The first-order valence-electron chi connectivity index (χ1n) is 8.72. The highest BCUT2D eigenvalue weighted by Gasteiger charge is 2.16. The first-order valence-corrected chi connectivity index (χ1v) is 10.6. The fourth-order valence-corrected chi connectivity index (χ4v) is 3.66. The molecule has 8 nitrogen and oxygen atoms in total. The molecule has 0 unspecified atom stereocenters. The monoisotopic (exact) mass is 433 g/mol. The summed E-state index contributed by atoms with van der Waals surface area (Å²) in [5, 5.41) is 7.34. The number of pyridine rings is 1. The predicted molar refractivity (Wildman–Crippen MR) is 110 cm³/mol. The summed E-state index contributed by atoms with van der Waals surface area (Å²) >= 11 is 6.17. The van der Waals surface area contributed by atoms with Crippen LogP contribution in [0.15, 0.2) is 47.4 Å². The van der Waals surface area contributed by atoms with E-state index in [9.17, 15) is 13.2 Å². The Labute approximate surface area is 174 Å². The molecule has 1 aromatic carbocycles. The second-order valence-corrected chi connectivity index (χ2v) is 8.67. The summed E-state index contributed by atoms with van der Waals surface area (Å²) in [5.41, 5.74) is 2.56. The van der Waals surface area contributed by atoms with E-state index in [1.807, 2.05) is 19.9 Å². The third kappa shape index (κ3) is 4.64. The molecule has 0 spiro atoms. The number of hydrogen-bond donors (Lipinski definition) is 2. The van der Waals surface area contributed by atoms with Gasteiger partial charge < -0.3 is 5.32 Å². The average molecular weight is 434 g/mol. The number of amides is 1. The summed E-state index contributed by atoms with van der Waals surface area (Å²) in [6.07, 6.45) is 0. The summed E-state index contributed by atoms with van der Waals surface area (Å²) in [7, 11) is -2.15. The minimum absolute atomic E-state index is 0.0890. The van der Waals surface area contributed by atoms with Crippen LogP contribution in [0.3, 0.4) is 0 Å². The Morgan fingerprint density at radius 2 is 1.83 bits per heavy atom. The van der Waals surface area contributed by atoms with Crippen molar-refractivity contribution in [2.45, 2.75) is 25.3 Å². The number of aryl methyl sites for hydroxylation is 2. The fourth-order valence-electron chi connectivity index (χ4n) is 2.74. The van der Waals surface area contributed by atoms with E-state index < -0.39 is 15.9 Å². The molecule has 0 saturated heterocycles. The van der Waals surface area contributed by atoms with Gasteiger partial charge in [0.15, 0.2) is 5.82 Å². The van der Waals surface area contributed by atoms with Gasteiger partial charge in [-0.3, -0.25) is 4.79 Å². The Morgan fingerprint density at radius 3 is 2.41 bits per heavy atom. The quantitative estimate of drug-likeness (QED) is 0.620. The lowest BCUT2D eigenvalue weighted by molar-refractivity contribution is 0.0946. The Bertz CT molecular complexity index is 1160. The van der Waals surface area contributed by atoms with Gasteiger partial charge in [0.1, 0.15) is 5.69 Å². The number of hydrogen-bond acceptors (Lipinski definition) is 5. The Kier molecular flexibility index (Phi) is 6.02. The van der Waals surface area contributed by atoms with Crippen LogP contribution in [0.2, 0.25) is 5.02 Å². The number of carbonyl (C=O) groups is 1. The summed E-state index contributed by atoms with van der Waals surface area (Å²) in [6.45, 7) is 3.97. The van der Waals surface area contributed by atoms with Crippen molar-refractivity contribution in [2.24, 2.45) is 0 Å². The number of sulfonamides is 1. The van der Waals surface area contributed by atoms with Crippen molar-refractivity contribution in [3.8, 4) is 5.82 Å². The minimum Gasteiger partial charge on any atom is -0.347 e. The highest BCUT2D eigenvalue weighted by Crippen LogP contribution is 2.18. The zero-order valence-corrected chi connectivity index (χ0v) is 17.7. The van der Waals surface area contributed by atoms with E-state index >= 15 is 0 Å². The van der Waals surface area contributed by atoms with Crippen LogP contribution in [0.25, 0.3) is 5.82 Å². The first-order chi connectivity index (χ1) is 13.7. The molecule has 0 atom stereocenters. The third-order valence-electron chi connectivity index (χ3n) is 4.23. The normalized spacial score (nSPS) is 11.4. The van der Waals surface area contributed by atoms with Gasteiger partial charge in [-0.05, 0) is 56.8 Å². The Hall–Kier alpha value is -2.75.